The van der Waals surface area contributed by atoms with Gasteiger partial charge in [-0.2, -0.15) is 5.10 Å². The van der Waals surface area contributed by atoms with Crippen molar-refractivity contribution in [1.82, 2.24) is 14.8 Å². The monoisotopic (exact) mass is 263 g/mol. The first-order chi connectivity index (χ1) is 8.47. The highest BCUT2D eigenvalue weighted by atomic mass is 32.2. The van der Waals surface area contributed by atoms with Gasteiger partial charge in [0.15, 0.2) is 0 Å². The van der Waals surface area contributed by atoms with E-state index >= 15 is 0 Å². The van der Waals surface area contributed by atoms with Crippen LogP contribution in [0.2, 0.25) is 0 Å². The number of nitrogen functional groups attached to an aromatic ring is 1. The Labute approximate surface area is 108 Å². The van der Waals surface area contributed by atoms with Gasteiger partial charge in [0.05, 0.1) is 23.1 Å². The van der Waals surface area contributed by atoms with E-state index in [0.29, 0.717) is 16.3 Å². The van der Waals surface area contributed by atoms with Gasteiger partial charge >= 0.3 is 0 Å². The van der Waals surface area contributed by atoms with Crippen LogP contribution >= 0.6 is 11.8 Å². The molecule has 0 bridgehead atoms. The second-order valence-corrected chi connectivity index (χ2v) is 4.84. The van der Waals surface area contributed by atoms with Crippen LogP contribution in [0.1, 0.15) is 16.1 Å². The fourth-order valence-corrected chi connectivity index (χ4v) is 2.48. The fraction of sp³-hybridized carbons (Fsp3) is 0.182. The third-order valence-corrected chi connectivity index (χ3v) is 3.41. The fourth-order valence-electron chi connectivity index (χ4n) is 1.51. The van der Waals surface area contributed by atoms with Gasteiger partial charge < -0.3 is 11.5 Å². The molecule has 2 aromatic rings. The van der Waals surface area contributed by atoms with Gasteiger partial charge in [-0.05, 0) is 30.8 Å². The number of nitrogens with two attached hydrogens (primary N) is 2. The average Bonchev–Trinajstić information content (AvgIpc) is 2.60. The third-order valence-electron chi connectivity index (χ3n) is 2.30. The molecule has 0 saturated heterocycles. The molecule has 2 rings (SSSR count). The molecular formula is C11H13N5OS. The number of carbonyl (C=O) groups excluding carboxylic acids is 1. The molecule has 0 fully saturated rings. The molecule has 0 aromatic carbocycles. The molecule has 0 saturated carbocycles. The van der Waals surface area contributed by atoms with Crippen molar-refractivity contribution in [2.45, 2.75) is 17.0 Å². The highest BCUT2D eigenvalue weighted by Crippen LogP contribution is 2.29. The Morgan fingerprint density at radius 2 is 2.17 bits per heavy atom. The minimum Gasteiger partial charge on any atom is -0.397 e. The van der Waals surface area contributed by atoms with Gasteiger partial charge in [-0.1, -0.05) is 0 Å². The molecule has 1 amide bonds. The van der Waals surface area contributed by atoms with Crippen LogP contribution in [-0.4, -0.2) is 20.7 Å². The van der Waals surface area contributed by atoms with E-state index in [1.54, 1.807) is 4.68 Å². The van der Waals surface area contributed by atoms with Gasteiger partial charge in [-0.3, -0.25) is 9.48 Å². The molecule has 7 heteroatoms. The highest BCUT2D eigenvalue weighted by molar-refractivity contribution is 7.99. The predicted molar refractivity (Wildman–Crippen MR) is 69.2 cm³/mol. The zero-order valence-corrected chi connectivity index (χ0v) is 10.9. The number of amides is 1. The molecule has 0 aliphatic heterocycles. The Hall–Kier alpha value is -2.02. The van der Waals surface area contributed by atoms with E-state index < -0.39 is 5.91 Å². The number of hydrogen-bond acceptors (Lipinski definition) is 5. The predicted octanol–water partition coefficient (Wildman–Crippen LogP) is 0.956. The van der Waals surface area contributed by atoms with Gasteiger partial charge in [0, 0.05) is 7.05 Å². The molecule has 0 aliphatic carbocycles. The van der Waals surface area contributed by atoms with E-state index in [-0.39, 0.29) is 0 Å². The average molecular weight is 263 g/mol. The van der Waals surface area contributed by atoms with Gasteiger partial charge in [0.25, 0.3) is 5.91 Å². The first-order valence-corrected chi connectivity index (χ1v) is 6.03. The zero-order valence-electron chi connectivity index (χ0n) is 10.0. The smallest absolute Gasteiger partial charge is 0.251 e. The summed E-state index contributed by atoms with van der Waals surface area (Å²) in [4.78, 5) is 15.5. The lowest BCUT2D eigenvalue weighted by Gasteiger charge is -2.06. The number of aromatic nitrogens is 3. The molecule has 18 heavy (non-hydrogen) atoms. The number of aryl methyl sites for hydroxylation is 2. The molecule has 4 N–H and O–H groups in total. The van der Waals surface area contributed by atoms with Crippen LogP contribution in [0.4, 0.5) is 5.69 Å². The summed E-state index contributed by atoms with van der Waals surface area (Å²) in [5.41, 5.74) is 12.5. The second kappa shape index (κ2) is 4.69. The zero-order chi connectivity index (χ0) is 13.3. The van der Waals surface area contributed by atoms with Gasteiger partial charge in [-0.15, -0.1) is 0 Å². The molecular weight excluding hydrogens is 250 g/mol. The van der Waals surface area contributed by atoms with Crippen LogP contribution in [0.5, 0.6) is 0 Å². The maximum absolute atomic E-state index is 11.3. The molecule has 0 atom stereocenters. The summed E-state index contributed by atoms with van der Waals surface area (Å²) in [5, 5.41) is 5.64. The van der Waals surface area contributed by atoms with E-state index in [1.165, 1.54) is 24.0 Å². The maximum Gasteiger partial charge on any atom is 0.251 e. The molecule has 2 aromatic heterocycles. The topological polar surface area (TPSA) is 99.8 Å². The third kappa shape index (κ3) is 2.45. The second-order valence-electron chi connectivity index (χ2n) is 3.84. The van der Waals surface area contributed by atoms with Crippen LogP contribution in [0.3, 0.4) is 0 Å². The van der Waals surface area contributed by atoms with Crippen LogP contribution in [0.25, 0.3) is 0 Å². The lowest BCUT2D eigenvalue weighted by atomic mass is 10.2. The van der Waals surface area contributed by atoms with Crippen LogP contribution < -0.4 is 11.5 Å². The lowest BCUT2D eigenvalue weighted by molar-refractivity contribution is 0.0997. The largest absolute Gasteiger partial charge is 0.397 e. The summed E-state index contributed by atoms with van der Waals surface area (Å²) in [5.74, 6) is -0.545. The van der Waals surface area contributed by atoms with E-state index in [1.807, 2.05) is 20.0 Å². The Kier molecular flexibility index (Phi) is 3.24. The van der Waals surface area contributed by atoms with Crippen molar-refractivity contribution < 1.29 is 4.79 Å². The highest BCUT2D eigenvalue weighted by Gasteiger charge is 2.13. The minimum absolute atomic E-state index is 0.318. The number of nitrogens with zero attached hydrogens (tertiary/aromatic N) is 3. The van der Waals surface area contributed by atoms with Crippen LogP contribution in [-0.2, 0) is 7.05 Å². The molecule has 0 spiro atoms. The lowest BCUT2D eigenvalue weighted by Crippen LogP contribution is -2.13. The standard InChI is InChI=1S/C11H13N5OS/c1-6-3-9(16(2)15-6)18-11-8(10(13)17)4-7(12)5-14-11/h3-5H,12H2,1-2H3,(H2,13,17). The molecule has 0 aliphatic rings. The van der Waals surface area contributed by atoms with Crippen LogP contribution in [0, 0.1) is 6.92 Å². The maximum atomic E-state index is 11.3. The normalized spacial score (nSPS) is 10.6. The summed E-state index contributed by atoms with van der Waals surface area (Å²) in [6.07, 6.45) is 1.50. The van der Waals surface area contributed by atoms with E-state index in [4.69, 9.17) is 11.5 Å². The van der Waals surface area contributed by atoms with Crippen molar-refractivity contribution in [2.75, 3.05) is 5.73 Å². The number of rotatable bonds is 3. The SMILES string of the molecule is Cc1cc(Sc2ncc(N)cc2C(N)=O)n(C)n1. The number of hydrogen-bond donors (Lipinski definition) is 2. The Morgan fingerprint density at radius 3 is 2.72 bits per heavy atom. The van der Waals surface area contributed by atoms with Crippen molar-refractivity contribution in [3.63, 3.8) is 0 Å². The summed E-state index contributed by atoms with van der Waals surface area (Å²) >= 11 is 1.33. The molecule has 2 heterocycles. The van der Waals surface area contributed by atoms with E-state index in [9.17, 15) is 4.79 Å². The summed E-state index contributed by atoms with van der Waals surface area (Å²) < 4.78 is 1.73. The van der Waals surface area contributed by atoms with Crippen molar-refractivity contribution >= 4 is 23.4 Å². The number of primary amides is 1. The summed E-state index contributed by atoms with van der Waals surface area (Å²) in [6.45, 7) is 1.90. The molecule has 0 unspecified atom stereocenters. The van der Waals surface area contributed by atoms with Crippen molar-refractivity contribution in [1.29, 1.82) is 0 Å². The minimum atomic E-state index is -0.545. The quantitative estimate of drug-likeness (QED) is 0.859. The molecule has 0 radical (unpaired) electrons. The van der Waals surface area contributed by atoms with Crippen LogP contribution in [0.15, 0.2) is 28.4 Å². The van der Waals surface area contributed by atoms with E-state index in [2.05, 4.69) is 10.1 Å². The molecule has 6 nitrogen and oxygen atoms in total. The molecule has 94 valence electrons. The van der Waals surface area contributed by atoms with E-state index in [0.717, 1.165) is 10.7 Å². The number of anilines is 1. The Morgan fingerprint density at radius 1 is 1.44 bits per heavy atom. The number of carbonyl (C=O) groups is 1. The Balaban J connectivity index is 2.40. The summed E-state index contributed by atoms with van der Waals surface area (Å²) in [6, 6.07) is 3.44. The van der Waals surface area contributed by atoms with Gasteiger partial charge in [0.2, 0.25) is 0 Å². The van der Waals surface area contributed by atoms with Crippen molar-refractivity contribution in [3.05, 3.63) is 29.6 Å². The van der Waals surface area contributed by atoms with Gasteiger partial charge in [-0.25, -0.2) is 4.98 Å². The van der Waals surface area contributed by atoms with Gasteiger partial charge in [0.1, 0.15) is 10.1 Å². The Bertz CT molecular complexity index is 607. The van der Waals surface area contributed by atoms with Crippen molar-refractivity contribution in [2.24, 2.45) is 12.8 Å². The first kappa shape index (κ1) is 12.4. The summed E-state index contributed by atoms with van der Waals surface area (Å²) in [7, 11) is 1.83. The number of pyridine rings is 1. The first-order valence-electron chi connectivity index (χ1n) is 5.21. The van der Waals surface area contributed by atoms with Crippen molar-refractivity contribution in [3.8, 4) is 0 Å².